The number of aromatic nitrogens is 2. The van der Waals surface area contributed by atoms with Crippen molar-refractivity contribution in [2.24, 2.45) is 0 Å². The highest BCUT2D eigenvalue weighted by Gasteiger charge is 2.21. The lowest BCUT2D eigenvalue weighted by atomic mass is 10.1. The maximum Gasteiger partial charge on any atom is 0.307 e. The standard InChI is InChI=1S/C7H10IN3O2/c1-7(2,5-8)10-4-6(3-9-10)11(12)13/h3-4H,5H2,1-2H3. The Morgan fingerprint density at radius 1 is 1.77 bits per heavy atom. The number of alkyl halides is 1. The molecular formula is C7H10IN3O2. The summed E-state index contributed by atoms with van der Waals surface area (Å²) in [7, 11) is 0. The zero-order chi connectivity index (χ0) is 10.1. The Morgan fingerprint density at radius 2 is 2.38 bits per heavy atom. The summed E-state index contributed by atoms with van der Waals surface area (Å²) in [6.45, 7) is 3.96. The van der Waals surface area contributed by atoms with E-state index in [4.69, 9.17) is 0 Å². The van der Waals surface area contributed by atoms with E-state index in [1.807, 2.05) is 13.8 Å². The predicted octanol–water partition coefficient (Wildman–Crippen LogP) is 1.96. The third-order valence-electron chi connectivity index (χ3n) is 1.73. The van der Waals surface area contributed by atoms with Gasteiger partial charge in [-0.1, -0.05) is 22.6 Å². The van der Waals surface area contributed by atoms with Crippen LogP contribution in [0.25, 0.3) is 0 Å². The number of hydrogen-bond acceptors (Lipinski definition) is 3. The molecule has 0 aromatic carbocycles. The fourth-order valence-electron chi connectivity index (χ4n) is 0.800. The molecule has 6 heteroatoms. The summed E-state index contributed by atoms with van der Waals surface area (Å²) in [4.78, 5) is 9.94. The second kappa shape index (κ2) is 3.60. The van der Waals surface area contributed by atoms with Crippen LogP contribution in [0.1, 0.15) is 13.8 Å². The minimum absolute atomic E-state index is 0.0397. The van der Waals surface area contributed by atoms with E-state index in [0.717, 1.165) is 4.43 Å². The highest BCUT2D eigenvalue weighted by atomic mass is 127. The lowest BCUT2D eigenvalue weighted by Gasteiger charge is -2.21. The minimum atomic E-state index is -0.438. The second-order valence-corrected chi connectivity index (χ2v) is 4.11. The molecule has 1 aromatic rings. The average Bonchev–Trinajstić information content (AvgIpc) is 2.52. The van der Waals surface area contributed by atoms with Crippen molar-refractivity contribution in [3.8, 4) is 0 Å². The van der Waals surface area contributed by atoms with Gasteiger partial charge >= 0.3 is 5.69 Å². The van der Waals surface area contributed by atoms with E-state index in [2.05, 4.69) is 27.7 Å². The van der Waals surface area contributed by atoms with Crippen LogP contribution in [-0.4, -0.2) is 19.1 Å². The molecule has 0 atom stereocenters. The van der Waals surface area contributed by atoms with Crippen LogP contribution in [0.15, 0.2) is 12.4 Å². The summed E-state index contributed by atoms with van der Waals surface area (Å²) in [6, 6.07) is 0. The van der Waals surface area contributed by atoms with Crippen molar-refractivity contribution in [3.05, 3.63) is 22.5 Å². The van der Waals surface area contributed by atoms with Gasteiger partial charge in [0.1, 0.15) is 12.4 Å². The molecule has 0 unspecified atom stereocenters. The Labute approximate surface area is 89.4 Å². The maximum atomic E-state index is 10.4. The monoisotopic (exact) mass is 295 g/mol. The van der Waals surface area contributed by atoms with Gasteiger partial charge in [-0.15, -0.1) is 0 Å². The van der Waals surface area contributed by atoms with Gasteiger partial charge in [-0.05, 0) is 13.8 Å². The summed E-state index contributed by atoms with van der Waals surface area (Å²) in [5.74, 6) is 0. The quantitative estimate of drug-likeness (QED) is 0.371. The molecule has 0 aliphatic rings. The summed E-state index contributed by atoms with van der Waals surface area (Å²) >= 11 is 2.23. The van der Waals surface area contributed by atoms with Crippen LogP contribution < -0.4 is 0 Å². The van der Waals surface area contributed by atoms with Crippen molar-refractivity contribution in [1.82, 2.24) is 9.78 Å². The fraction of sp³-hybridized carbons (Fsp3) is 0.571. The molecule has 1 heterocycles. The molecule has 0 aliphatic carbocycles. The third kappa shape index (κ3) is 2.17. The van der Waals surface area contributed by atoms with Crippen LogP contribution in [0, 0.1) is 10.1 Å². The normalized spacial score (nSPS) is 11.6. The number of rotatable bonds is 3. The first-order valence-corrected chi connectivity index (χ1v) is 5.25. The molecule has 0 saturated heterocycles. The fourth-order valence-corrected chi connectivity index (χ4v) is 1.15. The molecule has 0 fully saturated rings. The molecule has 1 aromatic heterocycles. The summed E-state index contributed by atoms with van der Waals surface area (Å²) in [6.07, 6.45) is 2.73. The van der Waals surface area contributed by atoms with Crippen LogP contribution in [0.2, 0.25) is 0 Å². The van der Waals surface area contributed by atoms with Gasteiger partial charge in [-0.3, -0.25) is 14.8 Å². The van der Waals surface area contributed by atoms with Crippen molar-refractivity contribution < 1.29 is 4.92 Å². The van der Waals surface area contributed by atoms with E-state index >= 15 is 0 Å². The number of halogens is 1. The molecule has 0 aliphatic heterocycles. The number of nitrogens with zero attached hydrogens (tertiary/aromatic N) is 3. The van der Waals surface area contributed by atoms with Crippen molar-refractivity contribution in [2.45, 2.75) is 19.4 Å². The Hall–Kier alpha value is -0.660. The molecule has 1 rings (SSSR count). The van der Waals surface area contributed by atoms with E-state index < -0.39 is 4.92 Å². The molecule has 0 radical (unpaired) electrons. The molecule has 0 amide bonds. The lowest BCUT2D eigenvalue weighted by Crippen LogP contribution is -2.28. The SMILES string of the molecule is CC(C)(CI)n1cc([N+](=O)[O-])cn1. The van der Waals surface area contributed by atoms with Gasteiger partial charge < -0.3 is 0 Å². The molecule has 0 bridgehead atoms. The van der Waals surface area contributed by atoms with Crippen LogP contribution in [-0.2, 0) is 5.54 Å². The smallest absolute Gasteiger partial charge is 0.259 e. The summed E-state index contributed by atoms with van der Waals surface area (Å²) < 4.78 is 2.47. The average molecular weight is 295 g/mol. The van der Waals surface area contributed by atoms with E-state index in [0.29, 0.717) is 0 Å². The first-order chi connectivity index (χ1) is 5.97. The molecule has 13 heavy (non-hydrogen) atoms. The van der Waals surface area contributed by atoms with E-state index in [1.54, 1.807) is 4.68 Å². The lowest BCUT2D eigenvalue weighted by molar-refractivity contribution is -0.385. The van der Waals surface area contributed by atoms with Crippen molar-refractivity contribution in [3.63, 3.8) is 0 Å². The molecule has 5 nitrogen and oxygen atoms in total. The van der Waals surface area contributed by atoms with E-state index in [9.17, 15) is 10.1 Å². The van der Waals surface area contributed by atoms with Gasteiger partial charge in [0.2, 0.25) is 0 Å². The van der Waals surface area contributed by atoms with Crippen molar-refractivity contribution in [2.75, 3.05) is 4.43 Å². The molecule has 0 spiro atoms. The van der Waals surface area contributed by atoms with Crippen molar-refractivity contribution >= 4 is 28.3 Å². The topological polar surface area (TPSA) is 61.0 Å². The van der Waals surface area contributed by atoms with Gasteiger partial charge in [0, 0.05) is 4.43 Å². The molecule has 0 saturated carbocycles. The number of nitro groups is 1. The van der Waals surface area contributed by atoms with Crippen LogP contribution in [0.3, 0.4) is 0 Å². The molecule has 72 valence electrons. The highest BCUT2D eigenvalue weighted by Crippen LogP contribution is 2.20. The Bertz CT molecular complexity index is 321. The maximum absolute atomic E-state index is 10.4. The van der Waals surface area contributed by atoms with Gasteiger partial charge in [-0.25, -0.2) is 0 Å². The summed E-state index contributed by atoms with van der Waals surface area (Å²) in [5, 5.41) is 14.3. The van der Waals surface area contributed by atoms with Gasteiger partial charge in [0.25, 0.3) is 0 Å². The number of hydrogen-bond donors (Lipinski definition) is 0. The predicted molar refractivity (Wildman–Crippen MR) is 57.1 cm³/mol. The molecule has 0 N–H and O–H groups in total. The van der Waals surface area contributed by atoms with E-state index in [-0.39, 0.29) is 11.2 Å². The van der Waals surface area contributed by atoms with Gasteiger partial charge in [-0.2, -0.15) is 5.10 Å². The minimum Gasteiger partial charge on any atom is -0.259 e. The zero-order valence-electron chi connectivity index (χ0n) is 7.40. The highest BCUT2D eigenvalue weighted by molar-refractivity contribution is 14.1. The van der Waals surface area contributed by atoms with E-state index in [1.165, 1.54) is 12.4 Å². The Balaban J connectivity index is 2.98. The van der Waals surface area contributed by atoms with Gasteiger partial charge in [0.15, 0.2) is 0 Å². The largest absolute Gasteiger partial charge is 0.307 e. The Kier molecular flexibility index (Phi) is 2.89. The zero-order valence-corrected chi connectivity index (χ0v) is 9.56. The van der Waals surface area contributed by atoms with Crippen LogP contribution in [0.5, 0.6) is 0 Å². The van der Waals surface area contributed by atoms with Crippen LogP contribution >= 0.6 is 22.6 Å². The molecular weight excluding hydrogens is 285 g/mol. The Morgan fingerprint density at radius 3 is 2.77 bits per heavy atom. The first kappa shape index (κ1) is 10.4. The second-order valence-electron chi connectivity index (χ2n) is 3.35. The first-order valence-electron chi connectivity index (χ1n) is 3.73. The third-order valence-corrected chi connectivity index (χ3v) is 3.59. The summed E-state index contributed by atoms with van der Waals surface area (Å²) in [5.41, 5.74) is -0.132. The van der Waals surface area contributed by atoms with Gasteiger partial charge in [0.05, 0.1) is 10.5 Å². The van der Waals surface area contributed by atoms with Crippen LogP contribution in [0.4, 0.5) is 5.69 Å². The van der Waals surface area contributed by atoms with Crippen molar-refractivity contribution in [1.29, 1.82) is 0 Å².